The summed E-state index contributed by atoms with van der Waals surface area (Å²) in [5.74, 6) is 0.870. The summed E-state index contributed by atoms with van der Waals surface area (Å²) < 4.78 is 1.33. The van der Waals surface area contributed by atoms with Crippen LogP contribution < -0.4 is 15.4 Å². The Morgan fingerprint density at radius 1 is 1.09 bits per heavy atom. The van der Waals surface area contributed by atoms with Gasteiger partial charge in [-0.25, -0.2) is 19.6 Å². The molecule has 1 aliphatic rings. The SMILES string of the molecule is Cn1ncc(N2CCN(c3ncnc4nc[nH]c34)CC2)cc1=O. The fraction of sp³-hybridized carbons (Fsp3) is 0.357. The maximum absolute atomic E-state index is 11.7. The standard InChI is InChI=1S/C14H16N8O/c1-20-11(23)6-10(7-19-20)21-2-4-22(5-3-21)14-12-13(16-8-15-12)17-9-18-14/h6-9H,2-5H2,1H3,(H,15,16,17,18). The maximum Gasteiger partial charge on any atom is 0.268 e. The van der Waals surface area contributed by atoms with E-state index in [-0.39, 0.29) is 5.56 Å². The summed E-state index contributed by atoms with van der Waals surface area (Å²) >= 11 is 0. The van der Waals surface area contributed by atoms with Gasteiger partial charge in [-0.15, -0.1) is 0 Å². The minimum atomic E-state index is -0.0973. The first kappa shape index (κ1) is 13.7. The van der Waals surface area contributed by atoms with E-state index < -0.39 is 0 Å². The third kappa shape index (κ3) is 2.39. The molecule has 118 valence electrons. The zero-order valence-corrected chi connectivity index (χ0v) is 12.7. The predicted octanol–water partition coefficient (Wildman–Crippen LogP) is -0.227. The van der Waals surface area contributed by atoms with Crippen molar-refractivity contribution in [3.63, 3.8) is 0 Å². The van der Waals surface area contributed by atoms with Crippen molar-refractivity contribution >= 4 is 22.7 Å². The van der Waals surface area contributed by atoms with Crippen LogP contribution in [0.2, 0.25) is 0 Å². The molecule has 1 aliphatic heterocycles. The third-order valence-corrected chi connectivity index (χ3v) is 4.10. The lowest BCUT2D eigenvalue weighted by atomic mass is 10.2. The summed E-state index contributed by atoms with van der Waals surface area (Å²) in [6.45, 7) is 3.21. The summed E-state index contributed by atoms with van der Waals surface area (Å²) in [7, 11) is 1.65. The molecule has 0 amide bonds. The second-order valence-corrected chi connectivity index (χ2v) is 5.45. The number of anilines is 2. The summed E-state index contributed by atoms with van der Waals surface area (Å²) in [5.41, 5.74) is 2.30. The maximum atomic E-state index is 11.7. The first-order chi connectivity index (χ1) is 11.2. The number of hydrogen-bond donors (Lipinski definition) is 1. The Balaban J connectivity index is 1.54. The Morgan fingerprint density at radius 3 is 2.65 bits per heavy atom. The van der Waals surface area contributed by atoms with Crippen LogP contribution in [-0.4, -0.2) is 55.9 Å². The van der Waals surface area contributed by atoms with Crippen molar-refractivity contribution < 1.29 is 0 Å². The molecule has 23 heavy (non-hydrogen) atoms. The predicted molar refractivity (Wildman–Crippen MR) is 85.6 cm³/mol. The number of aryl methyl sites for hydroxylation is 1. The Labute approximate surface area is 131 Å². The smallest absolute Gasteiger partial charge is 0.268 e. The zero-order valence-electron chi connectivity index (χ0n) is 12.7. The van der Waals surface area contributed by atoms with E-state index in [9.17, 15) is 4.79 Å². The number of piperazine rings is 1. The molecule has 9 nitrogen and oxygen atoms in total. The molecule has 0 unspecified atom stereocenters. The van der Waals surface area contributed by atoms with Gasteiger partial charge in [-0.1, -0.05) is 0 Å². The van der Waals surface area contributed by atoms with Crippen LogP contribution in [0.3, 0.4) is 0 Å². The van der Waals surface area contributed by atoms with E-state index in [2.05, 4.69) is 34.8 Å². The number of nitrogens with zero attached hydrogens (tertiary/aromatic N) is 7. The van der Waals surface area contributed by atoms with Gasteiger partial charge < -0.3 is 14.8 Å². The Morgan fingerprint density at radius 2 is 1.87 bits per heavy atom. The van der Waals surface area contributed by atoms with Gasteiger partial charge in [-0.05, 0) is 0 Å². The highest BCUT2D eigenvalue weighted by Crippen LogP contribution is 2.22. The van der Waals surface area contributed by atoms with Crippen LogP contribution in [-0.2, 0) is 7.05 Å². The fourth-order valence-electron chi connectivity index (χ4n) is 2.80. The van der Waals surface area contributed by atoms with Crippen LogP contribution in [0.1, 0.15) is 0 Å². The van der Waals surface area contributed by atoms with Crippen molar-refractivity contribution in [1.82, 2.24) is 29.7 Å². The molecule has 0 radical (unpaired) electrons. The van der Waals surface area contributed by atoms with Gasteiger partial charge in [0.1, 0.15) is 11.8 Å². The monoisotopic (exact) mass is 312 g/mol. The summed E-state index contributed by atoms with van der Waals surface area (Å²) in [5, 5.41) is 4.08. The van der Waals surface area contributed by atoms with Gasteiger partial charge in [0.05, 0.1) is 18.2 Å². The molecule has 0 bridgehead atoms. The molecule has 4 rings (SSSR count). The number of imidazole rings is 1. The molecular formula is C14H16N8O. The fourth-order valence-corrected chi connectivity index (χ4v) is 2.80. The third-order valence-electron chi connectivity index (χ3n) is 4.10. The molecule has 0 aromatic carbocycles. The molecule has 1 N–H and O–H groups in total. The minimum Gasteiger partial charge on any atom is -0.367 e. The van der Waals surface area contributed by atoms with Crippen molar-refractivity contribution in [1.29, 1.82) is 0 Å². The summed E-state index contributed by atoms with van der Waals surface area (Å²) in [4.78, 5) is 31.9. The quantitative estimate of drug-likeness (QED) is 0.698. The lowest BCUT2D eigenvalue weighted by Crippen LogP contribution is -2.47. The van der Waals surface area contributed by atoms with E-state index >= 15 is 0 Å². The number of fused-ring (bicyclic) bond motifs is 1. The van der Waals surface area contributed by atoms with Gasteiger partial charge in [0.25, 0.3) is 5.56 Å². The van der Waals surface area contributed by atoms with Crippen LogP contribution in [0.5, 0.6) is 0 Å². The first-order valence-electron chi connectivity index (χ1n) is 7.40. The number of rotatable bonds is 2. The van der Waals surface area contributed by atoms with Crippen molar-refractivity contribution in [2.45, 2.75) is 0 Å². The van der Waals surface area contributed by atoms with E-state index in [1.54, 1.807) is 25.6 Å². The molecule has 0 atom stereocenters. The second kappa shape index (κ2) is 5.34. The van der Waals surface area contributed by atoms with Crippen LogP contribution >= 0.6 is 0 Å². The Kier molecular flexibility index (Phi) is 3.18. The van der Waals surface area contributed by atoms with E-state index in [0.29, 0.717) is 5.65 Å². The lowest BCUT2D eigenvalue weighted by Gasteiger charge is -2.36. The molecule has 1 fully saturated rings. The van der Waals surface area contributed by atoms with Gasteiger partial charge in [0.2, 0.25) is 0 Å². The van der Waals surface area contributed by atoms with E-state index in [4.69, 9.17) is 0 Å². The number of H-pyrrole nitrogens is 1. The van der Waals surface area contributed by atoms with Crippen molar-refractivity contribution in [2.75, 3.05) is 36.0 Å². The molecule has 9 heteroatoms. The molecular weight excluding hydrogens is 296 g/mol. The molecule has 4 heterocycles. The summed E-state index contributed by atoms with van der Waals surface area (Å²) in [6.07, 6.45) is 4.90. The normalized spacial score (nSPS) is 15.3. The average molecular weight is 312 g/mol. The zero-order chi connectivity index (χ0) is 15.8. The number of nitrogens with one attached hydrogen (secondary N) is 1. The van der Waals surface area contributed by atoms with E-state index in [1.807, 2.05) is 0 Å². The van der Waals surface area contributed by atoms with Gasteiger partial charge in [0, 0.05) is 39.3 Å². The minimum absolute atomic E-state index is 0.0973. The highest BCUT2D eigenvalue weighted by molar-refractivity contribution is 5.82. The lowest BCUT2D eigenvalue weighted by molar-refractivity contribution is 0.639. The molecule has 3 aromatic heterocycles. The first-order valence-corrected chi connectivity index (χ1v) is 7.40. The van der Waals surface area contributed by atoms with Crippen LogP contribution in [0.4, 0.5) is 11.5 Å². The van der Waals surface area contributed by atoms with Gasteiger partial charge >= 0.3 is 0 Å². The van der Waals surface area contributed by atoms with E-state index in [1.165, 1.54) is 11.0 Å². The largest absolute Gasteiger partial charge is 0.367 e. The van der Waals surface area contributed by atoms with Crippen molar-refractivity contribution in [3.05, 3.63) is 35.3 Å². The average Bonchev–Trinajstić information content (AvgIpc) is 3.06. The van der Waals surface area contributed by atoms with Gasteiger partial charge in [0.15, 0.2) is 11.5 Å². The van der Waals surface area contributed by atoms with Crippen LogP contribution in [0, 0.1) is 0 Å². The topological polar surface area (TPSA) is 95.8 Å². The van der Waals surface area contributed by atoms with E-state index in [0.717, 1.165) is 43.2 Å². The highest BCUT2D eigenvalue weighted by Gasteiger charge is 2.21. The molecule has 1 saturated heterocycles. The van der Waals surface area contributed by atoms with Crippen LogP contribution in [0.25, 0.3) is 11.2 Å². The molecule has 3 aromatic rings. The van der Waals surface area contributed by atoms with Crippen molar-refractivity contribution in [3.8, 4) is 0 Å². The molecule has 0 aliphatic carbocycles. The molecule has 0 saturated carbocycles. The van der Waals surface area contributed by atoms with Gasteiger partial charge in [-0.3, -0.25) is 4.79 Å². The van der Waals surface area contributed by atoms with Crippen molar-refractivity contribution in [2.24, 2.45) is 7.05 Å². The molecule has 0 spiro atoms. The second-order valence-electron chi connectivity index (χ2n) is 5.45. The highest BCUT2D eigenvalue weighted by atomic mass is 16.1. The Bertz CT molecular complexity index is 893. The van der Waals surface area contributed by atoms with Crippen LogP contribution in [0.15, 0.2) is 29.7 Å². The summed E-state index contributed by atoms with van der Waals surface area (Å²) in [6, 6.07) is 1.63. The number of aromatic nitrogens is 6. The number of aromatic amines is 1. The number of hydrogen-bond acceptors (Lipinski definition) is 7. The van der Waals surface area contributed by atoms with Gasteiger partial charge in [-0.2, -0.15) is 5.10 Å². The Hall–Kier alpha value is -2.97.